The molecule has 142 valence electrons. The molecule has 0 aromatic heterocycles. The first-order chi connectivity index (χ1) is 13.1. The Morgan fingerprint density at radius 1 is 1.07 bits per heavy atom. The zero-order valence-corrected chi connectivity index (χ0v) is 15.3. The smallest absolute Gasteiger partial charge is 0.409 e. The lowest BCUT2D eigenvalue weighted by Crippen LogP contribution is -2.54. The summed E-state index contributed by atoms with van der Waals surface area (Å²) in [6, 6.07) is 19.4. The minimum atomic E-state index is -0.492. The highest BCUT2D eigenvalue weighted by Gasteiger charge is 2.31. The van der Waals surface area contributed by atoms with Crippen LogP contribution in [-0.4, -0.2) is 30.9 Å². The predicted molar refractivity (Wildman–Crippen MR) is 102 cm³/mol. The summed E-state index contributed by atoms with van der Waals surface area (Å²) in [6.07, 6.45) is 0.199. The summed E-state index contributed by atoms with van der Waals surface area (Å²) in [5.41, 5.74) is 1.93. The Kier molecular flexibility index (Phi) is 6.30. The molecule has 1 saturated heterocycles. The van der Waals surface area contributed by atoms with Gasteiger partial charge in [-0.1, -0.05) is 48.5 Å². The van der Waals surface area contributed by atoms with Crippen molar-refractivity contribution in [2.45, 2.75) is 38.6 Å². The van der Waals surface area contributed by atoms with Gasteiger partial charge in [-0.05, 0) is 17.7 Å². The van der Waals surface area contributed by atoms with E-state index in [1.54, 1.807) is 0 Å². The molecule has 27 heavy (non-hydrogen) atoms. The van der Waals surface area contributed by atoms with E-state index in [0.29, 0.717) is 19.4 Å². The van der Waals surface area contributed by atoms with Crippen molar-refractivity contribution in [3.63, 3.8) is 0 Å². The highest BCUT2D eigenvalue weighted by atomic mass is 16.6. The van der Waals surface area contributed by atoms with E-state index in [-0.39, 0.29) is 24.8 Å². The fourth-order valence-corrected chi connectivity index (χ4v) is 3.24. The molecule has 3 rings (SSSR count). The number of benzene rings is 2. The number of esters is 1. The highest BCUT2D eigenvalue weighted by Crippen LogP contribution is 2.25. The van der Waals surface area contributed by atoms with Crippen LogP contribution in [0.3, 0.4) is 0 Å². The van der Waals surface area contributed by atoms with Crippen molar-refractivity contribution in [2.24, 2.45) is 0 Å². The number of hydrogen-bond donors (Lipinski definition) is 1. The molecule has 6 nitrogen and oxygen atoms in total. The van der Waals surface area contributed by atoms with Gasteiger partial charge < -0.3 is 19.7 Å². The van der Waals surface area contributed by atoms with Gasteiger partial charge in [-0.2, -0.15) is 0 Å². The van der Waals surface area contributed by atoms with Crippen LogP contribution in [0, 0.1) is 0 Å². The molecule has 1 fully saturated rings. The molecule has 0 bridgehead atoms. The summed E-state index contributed by atoms with van der Waals surface area (Å²) in [6.45, 7) is 2.28. The summed E-state index contributed by atoms with van der Waals surface area (Å²) >= 11 is 0. The average Bonchev–Trinajstić information content (AvgIpc) is 2.68. The second-order valence-corrected chi connectivity index (χ2v) is 6.51. The third-order valence-corrected chi connectivity index (χ3v) is 4.47. The first-order valence-corrected chi connectivity index (χ1v) is 9.08. The number of nitrogens with zero attached hydrogens (tertiary/aromatic N) is 1. The fourth-order valence-electron chi connectivity index (χ4n) is 3.24. The molecule has 0 spiro atoms. The molecule has 1 heterocycles. The number of hydrogen-bond acceptors (Lipinski definition) is 5. The second-order valence-electron chi connectivity index (χ2n) is 6.51. The molecular formula is C21H24N2O4. The summed E-state index contributed by atoms with van der Waals surface area (Å²) < 4.78 is 10.7. The van der Waals surface area contributed by atoms with Crippen LogP contribution >= 0.6 is 0 Å². The summed E-state index contributed by atoms with van der Waals surface area (Å²) in [5.74, 6) is -0.307. The number of carbonyl (C=O) groups excluding carboxylic acids is 2. The Morgan fingerprint density at radius 2 is 1.74 bits per heavy atom. The Bertz CT molecular complexity index is 751. The van der Waals surface area contributed by atoms with Crippen LogP contribution < -0.4 is 10.2 Å². The van der Waals surface area contributed by atoms with Crippen molar-refractivity contribution in [2.75, 3.05) is 11.4 Å². The number of para-hydroxylation sites is 1. The van der Waals surface area contributed by atoms with E-state index in [1.807, 2.05) is 60.7 Å². The van der Waals surface area contributed by atoms with Gasteiger partial charge >= 0.3 is 12.1 Å². The SMILES string of the molecule is CC(=O)OC1CCN(c2ccccc2)[C@H](NC(=O)OCc2ccccc2)C1. The first-order valence-electron chi connectivity index (χ1n) is 9.08. The molecular weight excluding hydrogens is 344 g/mol. The summed E-state index contributed by atoms with van der Waals surface area (Å²) in [7, 11) is 0. The quantitative estimate of drug-likeness (QED) is 0.819. The van der Waals surface area contributed by atoms with E-state index in [9.17, 15) is 9.59 Å². The van der Waals surface area contributed by atoms with Crippen molar-refractivity contribution in [1.29, 1.82) is 0 Å². The summed E-state index contributed by atoms with van der Waals surface area (Å²) in [5, 5.41) is 2.91. The predicted octanol–water partition coefficient (Wildman–Crippen LogP) is 3.47. The molecule has 2 aromatic carbocycles. The molecule has 0 saturated carbocycles. The molecule has 1 aliphatic heterocycles. The van der Waals surface area contributed by atoms with E-state index in [0.717, 1.165) is 11.3 Å². The molecule has 1 unspecified atom stereocenters. The number of alkyl carbamates (subject to hydrolysis) is 1. The van der Waals surface area contributed by atoms with Gasteiger partial charge in [0.1, 0.15) is 18.9 Å². The highest BCUT2D eigenvalue weighted by molar-refractivity contribution is 5.69. The minimum Gasteiger partial charge on any atom is -0.462 e. The van der Waals surface area contributed by atoms with Crippen molar-refractivity contribution >= 4 is 17.7 Å². The molecule has 2 aromatic rings. The number of anilines is 1. The van der Waals surface area contributed by atoms with Gasteiger partial charge in [0.15, 0.2) is 0 Å². The monoisotopic (exact) mass is 368 g/mol. The molecule has 0 aliphatic carbocycles. The maximum absolute atomic E-state index is 12.3. The molecule has 2 atom stereocenters. The lowest BCUT2D eigenvalue weighted by molar-refractivity contribution is -0.147. The summed E-state index contributed by atoms with van der Waals surface area (Å²) in [4.78, 5) is 25.7. The van der Waals surface area contributed by atoms with Gasteiger partial charge in [-0.3, -0.25) is 4.79 Å². The molecule has 1 amide bonds. The van der Waals surface area contributed by atoms with Crippen LogP contribution in [0.5, 0.6) is 0 Å². The zero-order chi connectivity index (χ0) is 19.1. The van der Waals surface area contributed by atoms with Gasteiger partial charge in [-0.15, -0.1) is 0 Å². The van der Waals surface area contributed by atoms with Crippen LogP contribution in [0.25, 0.3) is 0 Å². The van der Waals surface area contributed by atoms with Crippen LogP contribution in [0.1, 0.15) is 25.3 Å². The third-order valence-electron chi connectivity index (χ3n) is 4.47. The molecule has 0 radical (unpaired) electrons. The van der Waals surface area contributed by atoms with Crippen LogP contribution in [0.4, 0.5) is 10.5 Å². The number of piperidine rings is 1. The van der Waals surface area contributed by atoms with Gasteiger partial charge in [-0.25, -0.2) is 4.79 Å². The molecule has 1 aliphatic rings. The number of amides is 1. The van der Waals surface area contributed by atoms with Crippen LogP contribution in [-0.2, 0) is 20.9 Å². The maximum Gasteiger partial charge on any atom is 0.409 e. The van der Waals surface area contributed by atoms with E-state index in [2.05, 4.69) is 10.2 Å². The minimum absolute atomic E-state index is 0.206. The van der Waals surface area contributed by atoms with Gasteiger partial charge in [0.25, 0.3) is 0 Å². The number of nitrogens with one attached hydrogen (secondary N) is 1. The van der Waals surface area contributed by atoms with Crippen molar-refractivity contribution in [1.82, 2.24) is 5.32 Å². The Balaban J connectivity index is 1.64. The lowest BCUT2D eigenvalue weighted by Gasteiger charge is -2.40. The standard InChI is InChI=1S/C21H24N2O4/c1-16(24)27-19-12-13-23(18-10-6-3-7-11-18)20(14-19)22-21(25)26-15-17-8-4-2-5-9-17/h2-11,19-20H,12-15H2,1H3,(H,22,25)/t19?,20-/m0/s1. The first kappa shape index (κ1) is 18.8. The van der Waals surface area contributed by atoms with Crippen LogP contribution in [0.15, 0.2) is 60.7 Å². The van der Waals surface area contributed by atoms with Crippen molar-refractivity contribution in [3.05, 3.63) is 66.2 Å². The number of carbonyl (C=O) groups is 2. The van der Waals surface area contributed by atoms with Gasteiger partial charge in [0.05, 0.1) is 0 Å². The van der Waals surface area contributed by atoms with Crippen molar-refractivity contribution < 1.29 is 19.1 Å². The Labute approximate surface area is 159 Å². The topological polar surface area (TPSA) is 67.9 Å². The maximum atomic E-state index is 12.3. The molecule has 6 heteroatoms. The second kappa shape index (κ2) is 9.07. The van der Waals surface area contributed by atoms with Crippen LogP contribution in [0.2, 0.25) is 0 Å². The van der Waals surface area contributed by atoms with E-state index in [1.165, 1.54) is 6.92 Å². The fraction of sp³-hybridized carbons (Fsp3) is 0.333. The van der Waals surface area contributed by atoms with Gasteiger partial charge in [0, 0.05) is 32.0 Å². The van der Waals surface area contributed by atoms with E-state index >= 15 is 0 Å². The van der Waals surface area contributed by atoms with Crippen molar-refractivity contribution in [3.8, 4) is 0 Å². The van der Waals surface area contributed by atoms with Gasteiger partial charge in [0.2, 0.25) is 0 Å². The largest absolute Gasteiger partial charge is 0.462 e. The molecule has 1 N–H and O–H groups in total. The van der Waals surface area contributed by atoms with E-state index in [4.69, 9.17) is 9.47 Å². The Morgan fingerprint density at radius 3 is 2.41 bits per heavy atom. The van der Waals surface area contributed by atoms with E-state index < -0.39 is 6.09 Å². The number of rotatable bonds is 5. The number of ether oxygens (including phenoxy) is 2. The Hall–Kier alpha value is -3.02. The third kappa shape index (κ3) is 5.48. The normalized spacial score (nSPS) is 19.2. The zero-order valence-electron chi connectivity index (χ0n) is 15.3. The average molecular weight is 368 g/mol. The lowest BCUT2D eigenvalue weighted by atomic mass is 10.0.